The maximum absolute atomic E-state index is 13.3. The average Bonchev–Trinajstić information content (AvgIpc) is 3.02. The topological polar surface area (TPSA) is 194 Å². The number of aliphatic imine (C=N–C) groups is 1. The molecule has 3 aromatic carbocycles. The third-order valence-electron chi connectivity index (χ3n) is 6.46. The predicted molar refractivity (Wildman–Crippen MR) is 169 cm³/mol. The monoisotopic (exact) mass is 600 g/mol. The number of urea groups is 1. The van der Waals surface area contributed by atoms with Gasteiger partial charge in [0.15, 0.2) is 5.84 Å². The van der Waals surface area contributed by atoms with E-state index in [9.17, 15) is 9.59 Å². The molecule has 0 aliphatic rings. The number of nitrogens with two attached hydrogens (primary N) is 4. The van der Waals surface area contributed by atoms with E-state index in [0.717, 1.165) is 32.9 Å². The molecule has 0 radical (unpaired) electrons. The summed E-state index contributed by atoms with van der Waals surface area (Å²) in [5.74, 6) is 19.4. The van der Waals surface area contributed by atoms with Gasteiger partial charge < -0.3 is 10.5 Å². The van der Waals surface area contributed by atoms with Gasteiger partial charge in [-0.2, -0.15) is 5.11 Å². The number of ether oxygens (including phenoxy) is 1. The van der Waals surface area contributed by atoms with Crippen LogP contribution in [-0.4, -0.2) is 58.7 Å². The van der Waals surface area contributed by atoms with E-state index >= 15 is 0 Å². The molecule has 0 bridgehead atoms. The summed E-state index contributed by atoms with van der Waals surface area (Å²) in [6.07, 6.45) is 0.272. The van der Waals surface area contributed by atoms with Gasteiger partial charge in [0.25, 0.3) is 0 Å². The molecule has 0 saturated heterocycles. The van der Waals surface area contributed by atoms with Gasteiger partial charge >= 0.3 is 12.1 Å². The Balaban J connectivity index is 1.97. The second-order valence-electron chi connectivity index (χ2n) is 10.6. The second-order valence-corrected chi connectivity index (χ2v) is 10.6. The van der Waals surface area contributed by atoms with Crippen LogP contribution < -0.4 is 23.3 Å². The number of amides is 3. The predicted octanol–water partition coefficient (Wildman–Crippen LogP) is 3.84. The molecule has 0 fully saturated rings. The number of rotatable bonds is 9. The molecule has 0 spiro atoms. The highest BCUT2D eigenvalue weighted by Gasteiger charge is 2.44. The van der Waals surface area contributed by atoms with Crippen LogP contribution in [0.4, 0.5) is 9.59 Å². The van der Waals surface area contributed by atoms with Gasteiger partial charge in [0.2, 0.25) is 0 Å². The molecule has 0 unspecified atom stereocenters. The molecule has 3 amide bonds. The molecule has 0 heterocycles. The minimum absolute atomic E-state index is 0.0157. The highest BCUT2D eigenvalue weighted by atomic mass is 16.6. The maximum Gasteiger partial charge on any atom is 0.452 e. The fourth-order valence-electron chi connectivity index (χ4n) is 4.60. The summed E-state index contributed by atoms with van der Waals surface area (Å²) < 4.78 is 5.07. The zero-order chi connectivity index (χ0) is 32.3. The summed E-state index contributed by atoms with van der Waals surface area (Å²) in [6, 6.07) is 28.1. The summed E-state index contributed by atoms with van der Waals surface area (Å²) in [5, 5.41) is 10.2. The molecule has 3 aromatic rings. The van der Waals surface area contributed by atoms with E-state index in [4.69, 9.17) is 28.0 Å². The van der Waals surface area contributed by atoms with Crippen LogP contribution in [0.2, 0.25) is 0 Å². The number of nitrogens with zero attached hydrogens (tertiary/aromatic N) is 6. The lowest BCUT2D eigenvalue weighted by Gasteiger charge is -2.45. The van der Waals surface area contributed by atoms with Crippen LogP contribution >= 0.6 is 0 Å². The molecule has 13 nitrogen and oxygen atoms in total. The first-order chi connectivity index (χ1) is 21.0. The Morgan fingerprint density at radius 2 is 1.27 bits per heavy atom. The highest BCUT2D eigenvalue weighted by molar-refractivity contribution is 6.01. The van der Waals surface area contributed by atoms with Crippen molar-refractivity contribution in [3.05, 3.63) is 120 Å². The van der Waals surface area contributed by atoms with Crippen molar-refractivity contribution in [3.63, 3.8) is 0 Å². The van der Waals surface area contributed by atoms with Crippen LogP contribution in [0.3, 0.4) is 0 Å². The molecular formula is C31H40N10O3. The average molecular weight is 601 g/mol. The van der Waals surface area contributed by atoms with Crippen molar-refractivity contribution < 1.29 is 14.3 Å². The third-order valence-corrected chi connectivity index (χ3v) is 6.46. The van der Waals surface area contributed by atoms with Gasteiger partial charge in [-0.25, -0.2) is 32.1 Å². The number of carbonyl (C=O) groups excluding carboxylic acids is 2. The zero-order valence-corrected chi connectivity index (χ0v) is 25.4. The fraction of sp³-hybridized carbons (Fsp3) is 0.258. The second kappa shape index (κ2) is 14.9. The Morgan fingerprint density at radius 1 is 0.818 bits per heavy atom. The van der Waals surface area contributed by atoms with Gasteiger partial charge in [-0.15, -0.1) is 0 Å². The summed E-state index contributed by atoms with van der Waals surface area (Å²) in [6.45, 7) is 4.91. The van der Waals surface area contributed by atoms with Crippen LogP contribution in [0, 0.1) is 0 Å². The molecule has 13 heteroatoms. The van der Waals surface area contributed by atoms with Gasteiger partial charge in [0.1, 0.15) is 16.8 Å². The number of hydrogen-bond acceptors (Lipinski definition) is 9. The van der Waals surface area contributed by atoms with Gasteiger partial charge in [-0.05, 0) is 37.5 Å². The fourth-order valence-corrected chi connectivity index (χ4v) is 4.60. The lowest BCUT2D eigenvalue weighted by molar-refractivity contribution is 0.0589. The van der Waals surface area contributed by atoms with Crippen molar-refractivity contribution in [2.75, 3.05) is 20.1 Å². The van der Waals surface area contributed by atoms with Crippen molar-refractivity contribution in [2.45, 2.75) is 31.9 Å². The van der Waals surface area contributed by atoms with Crippen molar-refractivity contribution in [2.24, 2.45) is 38.5 Å². The highest BCUT2D eigenvalue weighted by Crippen LogP contribution is 2.41. The van der Waals surface area contributed by atoms with E-state index in [1.54, 1.807) is 20.8 Å². The molecule has 8 N–H and O–H groups in total. The van der Waals surface area contributed by atoms with E-state index in [1.807, 2.05) is 91.0 Å². The minimum atomic E-state index is -1.14. The number of azo groups is 1. The normalized spacial score (nSPS) is 12.6. The van der Waals surface area contributed by atoms with Gasteiger partial charge in [-0.3, -0.25) is 15.0 Å². The van der Waals surface area contributed by atoms with E-state index in [2.05, 4.69) is 15.2 Å². The van der Waals surface area contributed by atoms with E-state index in [-0.39, 0.29) is 24.6 Å². The minimum Gasteiger partial charge on any atom is -0.441 e. The molecule has 0 aliphatic heterocycles. The van der Waals surface area contributed by atoms with Crippen molar-refractivity contribution in [1.82, 2.24) is 15.0 Å². The molecule has 0 aliphatic carbocycles. The molecule has 0 aromatic heterocycles. The van der Waals surface area contributed by atoms with Gasteiger partial charge in [0, 0.05) is 13.2 Å². The summed E-state index contributed by atoms with van der Waals surface area (Å²) in [7, 11) is 1.51. The van der Waals surface area contributed by atoms with Crippen LogP contribution in [0.15, 0.2) is 118 Å². The van der Waals surface area contributed by atoms with Crippen molar-refractivity contribution in [3.8, 4) is 0 Å². The van der Waals surface area contributed by atoms with Gasteiger partial charge in [-0.1, -0.05) is 96.1 Å². The summed E-state index contributed by atoms with van der Waals surface area (Å²) in [5.41, 5.74) is 6.64. The third kappa shape index (κ3) is 7.64. The molecular weight excluding hydrogens is 560 g/mol. The molecule has 3 rings (SSSR count). The SMILES string of the molecule is CN=C(C(=CN)N(N)C(=O)N(N)CCN=NC(=O)OC(C)(C)C)N(N)C(c1ccccc1)(c1ccccc1)c1ccccc1. The summed E-state index contributed by atoms with van der Waals surface area (Å²) in [4.78, 5) is 29.5. The zero-order valence-electron chi connectivity index (χ0n) is 25.4. The molecule has 44 heavy (non-hydrogen) atoms. The number of hydrogen-bond donors (Lipinski definition) is 4. The maximum atomic E-state index is 13.3. The Kier molecular flexibility index (Phi) is 11.3. The van der Waals surface area contributed by atoms with Crippen molar-refractivity contribution >= 4 is 18.0 Å². The van der Waals surface area contributed by atoms with Crippen LogP contribution in [-0.2, 0) is 10.3 Å². The molecule has 0 saturated carbocycles. The number of benzene rings is 3. The summed E-state index contributed by atoms with van der Waals surface area (Å²) >= 11 is 0. The van der Waals surface area contributed by atoms with E-state index in [1.165, 1.54) is 12.1 Å². The lowest BCUT2D eigenvalue weighted by Crippen LogP contribution is -2.59. The molecule has 232 valence electrons. The Bertz CT molecular complexity index is 1380. The van der Waals surface area contributed by atoms with Crippen molar-refractivity contribution in [1.29, 1.82) is 0 Å². The van der Waals surface area contributed by atoms with E-state index < -0.39 is 23.3 Å². The van der Waals surface area contributed by atoms with Gasteiger partial charge in [0.05, 0.1) is 13.1 Å². The van der Waals surface area contributed by atoms with Crippen LogP contribution in [0.5, 0.6) is 0 Å². The molecule has 0 atom stereocenters. The first kappa shape index (κ1) is 33.4. The first-order valence-electron chi connectivity index (χ1n) is 13.8. The smallest absolute Gasteiger partial charge is 0.441 e. The Hall–Kier alpha value is -5.11. The number of carbonyl (C=O) groups is 2. The largest absolute Gasteiger partial charge is 0.452 e. The number of amidine groups is 1. The standard InChI is InChI=1S/C31H40N10O3/c1-30(2,3)44-28(42)38-37-20-21-39(33)29(43)40(34)26(22-32)27(36-4)41(35)31(23-14-8-5-9-15-23,24-16-10-6-11-17-24)25-18-12-7-13-19-25/h5-19,22H,20-21,32-35H2,1-4H3. The lowest BCUT2D eigenvalue weighted by atomic mass is 9.76. The Morgan fingerprint density at radius 3 is 1.66 bits per heavy atom. The quantitative estimate of drug-likeness (QED) is 0.0541. The number of hydrazine groups is 3. The first-order valence-corrected chi connectivity index (χ1v) is 13.8. The Labute approximate surface area is 257 Å². The van der Waals surface area contributed by atoms with Crippen LogP contribution in [0.1, 0.15) is 37.5 Å². The van der Waals surface area contributed by atoms with Crippen LogP contribution in [0.25, 0.3) is 0 Å². The van der Waals surface area contributed by atoms with E-state index in [0.29, 0.717) is 0 Å².